The molecule has 0 radical (unpaired) electrons. The number of rotatable bonds is 4. The Hall–Kier alpha value is -1.05. The Morgan fingerprint density at radius 1 is 1.53 bits per heavy atom. The zero-order valence-corrected chi connectivity index (χ0v) is 10.9. The van der Waals surface area contributed by atoms with Gasteiger partial charge in [0.1, 0.15) is 0 Å². The van der Waals surface area contributed by atoms with Crippen LogP contribution < -0.4 is 5.73 Å². The number of nitrogen functional groups attached to an aromatic ring is 1. The SMILES string of the molecule is N#CCC1(CS(=O)c2ccc(N)c(Cl)c2)CC1. The van der Waals surface area contributed by atoms with Gasteiger partial charge in [-0.15, -0.1) is 0 Å². The molecule has 3 nitrogen and oxygen atoms in total. The minimum Gasteiger partial charge on any atom is -0.398 e. The van der Waals surface area contributed by atoms with E-state index in [-0.39, 0.29) is 5.41 Å². The number of anilines is 1. The first-order chi connectivity index (χ1) is 8.06. The summed E-state index contributed by atoms with van der Waals surface area (Å²) >= 11 is 5.89. The molecule has 0 amide bonds. The van der Waals surface area contributed by atoms with Crippen LogP contribution in [0.25, 0.3) is 0 Å². The highest BCUT2D eigenvalue weighted by molar-refractivity contribution is 7.85. The molecule has 1 unspecified atom stereocenters. The van der Waals surface area contributed by atoms with E-state index in [9.17, 15) is 4.21 Å². The molecule has 90 valence electrons. The summed E-state index contributed by atoms with van der Waals surface area (Å²) in [6, 6.07) is 7.22. The normalized spacial score (nSPS) is 18.4. The Labute approximate surface area is 108 Å². The van der Waals surface area contributed by atoms with Gasteiger partial charge < -0.3 is 5.73 Å². The third kappa shape index (κ3) is 2.80. The fourth-order valence-electron chi connectivity index (χ4n) is 1.73. The molecule has 2 rings (SSSR count). The van der Waals surface area contributed by atoms with Crippen LogP contribution in [-0.4, -0.2) is 9.96 Å². The molecular weight excluding hydrogens is 256 g/mol. The van der Waals surface area contributed by atoms with Gasteiger partial charge >= 0.3 is 0 Å². The average molecular weight is 269 g/mol. The van der Waals surface area contributed by atoms with Gasteiger partial charge in [0.25, 0.3) is 0 Å². The predicted molar refractivity (Wildman–Crippen MR) is 69.0 cm³/mol. The maximum Gasteiger partial charge on any atom is 0.0647 e. The van der Waals surface area contributed by atoms with Crippen molar-refractivity contribution in [3.05, 3.63) is 23.2 Å². The molecule has 1 atom stereocenters. The van der Waals surface area contributed by atoms with Crippen molar-refractivity contribution < 1.29 is 4.21 Å². The summed E-state index contributed by atoms with van der Waals surface area (Å²) < 4.78 is 12.1. The molecule has 0 saturated heterocycles. The number of hydrogen-bond donors (Lipinski definition) is 1. The van der Waals surface area contributed by atoms with Gasteiger partial charge in [0.05, 0.1) is 27.6 Å². The number of nitriles is 1. The number of nitrogens with two attached hydrogens (primary N) is 1. The summed E-state index contributed by atoms with van der Waals surface area (Å²) in [6.45, 7) is 0. The lowest BCUT2D eigenvalue weighted by atomic mass is 10.1. The fraction of sp³-hybridized carbons (Fsp3) is 0.417. The molecule has 1 aromatic carbocycles. The first-order valence-electron chi connectivity index (χ1n) is 5.37. The first-order valence-corrected chi connectivity index (χ1v) is 7.06. The Kier molecular flexibility index (Phi) is 3.41. The van der Waals surface area contributed by atoms with E-state index in [1.165, 1.54) is 0 Å². The van der Waals surface area contributed by atoms with E-state index in [1.54, 1.807) is 18.2 Å². The van der Waals surface area contributed by atoms with Gasteiger partial charge in [-0.25, -0.2) is 0 Å². The van der Waals surface area contributed by atoms with E-state index < -0.39 is 10.8 Å². The summed E-state index contributed by atoms with van der Waals surface area (Å²) in [5.41, 5.74) is 6.07. The lowest BCUT2D eigenvalue weighted by molar-refractivity contribution is 0.587. The highest BCUT2D eigenvalue weighted by Crippen LogP contribution is 2.49. The molecule has 0 spiro atoms. The Morgan fingerprint density at radius 2 is 2.24 bits per heavy atom. The Morgan fingerprint density at radius 3 is 2.76 bits per heavy atom. The molecule has 1 fully saturated rings. The van der Waals surface area contributed by atoms with Gasteiger partial charge in [-0.05, 0) is 36.5 Å². The molecule has 0 bridgehead atoms. The lowest BCUT2D eigenvalue weighted by Gasteiger charge is -2.10. The van der Waals surface area contributed by atoms with E-state index in [0.717, 1.165) is 12.8 Å². The molecule has 1 aliphatic carbocycles. The Bertz CT molecular complexity index is 506. The first kappa shape index (κ1) is 12.4. The average Bonchev–Trinajstić information content (AvgIpc) is 3.02. The lowest BCUT2D eigenvalue weighted by Crippen LogP contribution is -2.12. The van der Waals surface area contributed by atoms with Crippen LogP contribution >= 0.6 is 11.6 Å². The van der Waals surface area contributed by atoms with E-state index in [1.807, 2.05) is 0 Å². The maximum atomic E-state index is 12.1. The largest absolute Gasteiger partial charge is 0.398 e. The van der Waals surface area contributed by atoms with Crippen molar-refractivity contribution >= 4 is 28.1 Å². The summed E-state index contributed by atoms with van der Waals surface area (Å²) in [7, 11) is -1.10. The minimum atomic E-state index is -1.10. The van der Waals surface area contributed by atoms with Gasteiger partial charge in [0, 0.05) is 17.1 Å². The molecular formula is C12H13ClN2OS. The van der Waals surface area contributed by atoms with Crippen molar-refractivity contribution in [1.82, 2.24) is 0 Å². The van der Waals surface area contributed by atoms with Gasteiger partial charge in [0.2, 0.25) is 0 Å². The van der Waals surface area contributed by atoms with Crippen LogP contribution in [0.2, 0.25) is 5.02 Å². The van der Waals surface area contributed by atoms with Crippen molar-refractivity contribution in [1.29, 1.82) is 5.26 Å². The highest BCUT2D eigenvalue weighted by atomic mass is 35.5. The van der Waals surface area contributed by atoms with Crippen LogP contribution in [0.3, 0.4) is 0 Å². The van der Waals surface area contributed by atoms with Crippen molar-refractivity contribution in [3.8, 4) is 6.07 Å². The molecule has 1 aromatic rings. The second-order valence-electron chi connectivity index (χ2n) is 4.51. The zero-order valence-electron chi connectivity index (χ0n) is 9.28. The van der Waals surface area contributed by atoms with Gasteiger partial charge in [-0.1, -0.05) is 11.6 Å². The van der Waals surface area contributed by atoms with Crippen molar-refractivity contribution in [2.45, 2.75) is 24.2 Å². The summed E-state index contributed by atoms with van der Waals surface area (Å²) in [4.78, 5) is 0.688. The number of hydrogen-bond acceptors (Lipinski definition) is 3. The summed E-state index contributed by atoms with van der Waals surface area (Å²) in [5.74, 6) is 0.542. The number of benzene rings is 1. The topological polar surface area (TPSA) is 66.9 Å². The van der Waals surface area contributed by atoms with Crippen LogP contribution in [0.15, 0.2) is 23.1 Å². The third-order valence-corrected chi connectivity index (χ3v) is 5.06. The van der Waals surface area contributed by atoms with E-state index in [2.05, 4.69) is 6.07 Å². The summed E-state index contributed by atoms with van der Waals surface area (Å²) in [5, 5.41) is 9.15. The van der Waals surface area contributed by atoms with Gasteiger partial charge in [0.15, 0.2) is 0 Å². The molecule has 17 heavy (non-hydrogen) atoms. The molecule has 0 aliphatic heterocycles. The van der Waals surface area contributed by atoms with Crippen LogP contribution in [0.1, 0.15) is 19.3 Å². The third-order valence-electron chi connectivity index (χ3n) is 3.08. The van der Waals surface area contributed by atoms with Crippen LogP contribution in [-0.2, 0) is 10.8 Å². The second kappa shape index (κ2) is 4.67. The smallest absolute Gasteiger partial charge is 0.0647 e. The number of nitrogens with zero attached hydrogens (tertiary/aromatic N) is 1. The van der Waals surface area contributed by atoms with Gasteiger partial charge in [-0.3, -0.25) is 4.21 Å². The summed E-state index contributed by atoms with van der Waals surface area (Å²) in [6.07, 6.45) is 2.48. The molecule has 2 N–H and O–H groups in total. The molecule has 0 aromatic heterocycles. The standard InChI is InChI=1S/C12H13ClN2OS/c13-10-7-9(1-2-11(10)15)17(16)8-12(3-4-12)5-6-14/h1-2,7H,3-5,8,15H2. The Balaban J connectivity index is 2.10. The minimum absolute atomic E-state index is 0.0204. The predicted octanol–water partition coefficient (Wildman–Crippen LogP) is 2.72. The van der Waals surface area contributed by atoms with Crippen LogP contribution in [0.5, 0.6) is 0 Å². The zero-order chi connectivity index (χ0) is 12.5. The van der Waals surface area contributed by atoms with Crippen LogP contribution in [0.4, 0.5) is 5.69 Å². The monoisotopic (exact) mass is 268 g/mol. The highest BCUT2D eigenvalue weighted by Gasteiger charge is 2.43. The molecule has 0 heterocycles. The maximum absolute atomic E-state index is 12.1. The quantitative estimate of drug-likeness (QED) is 0.854. The van der Waals surface area contributed by atoms with Gasteiger partial charge in [-0.2, -0.15) is 5.26 Å². The van der Waals surface area contributed by atoms with E-state index in [0.29, 0.717) is 27.8 Å². The molecule has 5 heteroatoms. The fourth-order valence-corrected chi connectivity index (χ4v) is 3.56. The van der Waals surface area contributed by atoms with E-state index in [4.69, 9.17) is 22.6 Å². The van der Waals surface area contributed by atoms with Crippen molar-refractivity contribution in [2.24, 2.45) is 5.41 Å². The second-order valence-corrected chi connectivity index (χ2v) is 6.37. The van der Waals surface area contributed by atoms with E-state index >= 15 is 0 Å². The molecule has 1 saturated carbocycles. The molecule has 1 aliphatic rings. The van der Waals surface area contributed by atoms with Crippen molar-refractivity contribution in [2.75, 3.05) is 11.5 Å². The van der Waals surface area contributed by atoms with Crippen molar-refractivity contribution in [3.63, 3.8) is 0 Å². The van der Waals surface area contributed by atoms with Crippen LogP contribution in [0, 0.1) is 16.7 Å². The number of halogens is 1.